The molecular weight excluding hydrogens is 410 g/mol. The molecule has 0 spiro atoms. The fourth-order valence-electron chi connectivity index (χ4n) is 2.57. The molecule has 0 radical (unpaired) electrons. The van der Waals surface area contributed by atoms with E-state index in [4.69, 9.17) is 16.3 Å². The molecule has 0 unspecified atom stereocenters. The van der Waals surface area contributed by atoms with Crippen LogP contribution in [-0.2, 0) is 24.4 Å². The molecule has 8 heteroatoms. The van der Waals surface area contributed by atoms with Crippen LogP contribution in [-0.4, -0.2) is 23.8 Å². The van der Waals surface area contributed by atoms with Gasteiger partial charge in [0, 0.05) is 29.6 Å². The highest BCUT2D eigenvalue weighted by atomic mass is 35.5. The van der Waals surface area contributed by atoms with Crippen LogP contribution in [0.15, 0.2) is 53.9 Å². The van der Waals surface area contributed by atoms with E-state index < -0.39 is 0 Å². The van der Waals surface area contributed by atoms with Crippen LogP contribution in [0.25, 0.3) is 0 Å². The van der Waals surface area contributed by atoms with Gasteiger partial charge in [-0.2, -0.15) is 0 Å². The number of hydrogen-bond acceptors (Lipinski definition) is 5. The van der Waals surface area contributed by atoms with Gasteiger partial charge in [0.05, 0.1) is 12.1 Å². The number of nitrogens with one attached hydrogen (secondary N) is 2. The summed E-state index contributed by atoms with van der Waals surface area (Å²) < 4.78 is 5.67. The van der Waals surface area contributed by atoms with Gasteiger partial charge in [-0.05, 0) is 42.0 Å². The molecule has 29 heavy (non-hydrogen) atoms. The third-order valence-electron chi connectivity index (χ3n) is 4.02. The zero-order valence-electron chi connectivity index (χ0n) is 15.8. The monoisotopic (exact) mass is 429 g/mol. The second-order valence-corrected chi connectivity index (χ2v) is 7.59. The Bertz CT molecular complexity index is 989. The largest absolute Gasteiger partial charge is 0.486 e. The Hall–Kier alpha value is -2.90. The minimum absolute atomic E-state index is 0.134. The molecule has 150 valence electrons. The maximum atomic E-state index is 12.2. The van der Waals surface area contributed by atoms with Gasteiger partial charge in [-0.1, -0.05) is 23.7 Å². The molecule has 0 aliphatic carbocycles. The van der Waals surface area contributed by atoms with E-state index in [1.54, 1.807) is 49.5 Å². The minimum Gasteiger partial charge on any atom is -0.486 e. The number of aromatic nitrogens is 1. The molecule has 0 aliphatic heterocycles. The molecule has 0 aliphatic rings. The summed E-state index contributed by atoms with van der Waals surface area (Å²) in [5, 5.41) is 8.74. The lowest BCUT2D eigenvalue weighted by atomic mass is 10.1. The van der Waals surface area contributed by atoms with E-state index in [1.807, 2.05) is 11.4 Å². The summed E-state index contributed by atoms with van der Waals surface area (Å²) >= 11 is 7.30. The molecule has 0 saturated heterocycles. The topological polar surface area (TPSA) is 80.3 Å². The van der Waals surface area contributed by atoms with Crippen molar-refractivity contribution in [1.29, 1.82) is 0 Å². The van der Waals surface area contributed by atoms with E-state index >= 15 is 0 Å². The maximum absolute atomic E-state index is 12.2. The van der Waals surface area contributed by atoms with Crippen LogP contribution in [0.2, 0.25) is 5.02 Å². The predicted octanol–water partition coefficient (Wildman–Crippen LogP) is 3.59. The molecule has 1 heterocycles. The Labute approximate surface area is 177 Å². The smallest absolute Gasteiger partial charge is 0.251 e. The Morgan fingerprint density at radius 2 is 1.97 bits per heavy atom. The van der Waals surface area contributed by atoms with Crippen molar-refractivity contribution in [1.82, 2.24) is 15.6 Å². The van der Waals surface area contributed by atoms with Crippen molar-refractivity contribution >= 4 is 34.8 Å². The van der Waals surface area contributed by atoms with Gasteiger partial charge in [-0.25, -0.2) is 4.98 Å². The molecule has 3 rings (SSSR count). The van der Waals surface area contributed by atoms with Crippen molar-refractivity contribution in [2.45, 2.75) is 19.6 Å². The Balaban J connectivity index is 1.47. The van der Waals surface area contributed by atoms with Crippen molar-refractivity contribution in [3.05, 3.63) is 80.8 Å². The molecule has 0 bridgehead atoms. The Morgan fingerprint density at radius 3 is 2.72 bits per heavy atom. The number of carbonyl (C=O) groups is 2. The summed E-state index contributed by atoms with van der Waals surface area (Å²) in [6, 6.07) is 14.3. The first kappa shape index (κ1) is 20.8. The van der Waals surface area contributed by atoms with Crippen molar-refractivity contribution in [3.8, 4) is 5.75 Å². The van der Waals surface area contributed by atoms with Crippen LogP contribution in [0.1, 0.15) is 26.6 Å². The van der Waals surface area contributed by atoms with Crippen LogP contribution < -0.4 is 15.4 Å². The summed E-state index contributed by atoms with van der Waals surface area (Å²) in [6.45, 7) is 0.681. The van der Waals surface area contributed by atoms with Crippen LogP contribution >= 0.6 is 22.9 Å². The van der Waals surface area contributed by atoms with Gasteiger partial charge >= 0.3 is 0 Å². The number of amides is 2. The Morgan fingerprint density at radius 1 is 1.17 bits per heavy atom. The zero-order chi connectivity index (χ0) is 20.6. The molecule has 0 atom stereocenters. The Kier molecular flexibility index (Phi) is 7.21. The number of benzene rings is 2. The van der Waals surface area contributed by atoms with Gasteiger partial charge in [0.2, 0.25) is 5.91 Å². The molecular formula is C21H20ClN3O3S. The second kappa shape index (κ2) is 10.0. The maximum Gasteiger partial charge on any atom is 0.251 e. The summed E-state index contributed by atoms with van der Waals surface area (Å²) in [7, 11) is 1.58. The molecule has 0 saturated carbocycles. The van der Waals surface area contributed by atoms with E-state index in [-0.39, 0.29) is 18.2 Å². The number of ether oxygens (including phenoxy) is 1. The summed E-state index contributed by atoms with van der Waals surface area (Å²) in [4.78, 5) is 28.3. The lowest BCUT2D eigenvalue weighted by Crippen LogP contribution is -2.25. The molecule has 6 nitrogen and oxygen atoms in total. The number of halogens is 1. The number of thiazole rings is 1. The quantitative estimate of drug-likeness (QED) is 0.573. The van der Waals surface area contributed by atoms with Crippen molar-refractivity contribution in [2.75, 3.05) is 7.05 Å². The van der Waals surface area contributed by atoms with Crippen LogP contribution in [0.5, 0.6) is 5.75 Å². The first-order chi connectivity index (χ1) is 14.0. The van der Waals surface area contributed by atoms with Gasteiger partial charge in [0.25, 0.3) is 5.91 Å². The highest BCUT2D eigenvalue weighted by Crippen LogP contribution is 2.18. The third-order valence-corrected chi connectivity index (χ3v) is 5.15. The van der Waals surface area contributed by atoms with Crippen LogP contribution in [0.4, 0.5) is 0 Å². The van der Waals surface area contributed by atoms with Gasteiger partial charge < -0.3 is 15.4 Å². The zero-order valence-corrected chi connectivity index (χ0v) is 17.3. The number of rotatable bonds is 8. The van der Waals surface area contributed by atoms with Crippen LogP contribution in [0.3, 0.4) is 0 Å². The first-order valence-corrected chi connectivity index (χ1v) is 10.2. The summed E-state index contributed by atoms with van der Waals surface area (Å²) in [5.41, 5.74) is 2.11. The van der Waals surface area contributed by atoms with E-state index in [9.17, 15) is 9.59 Å². The molecule has 2 amide bonds. The molecule has 2 N–H and O–H groups in total. The highest BCUT2D eigenvalue weighted by Gasteiger charge is 2.09. The van der Waals surface area contributed by atoms with Gasteiger partial charge in [0.1, 0.15) is 17.4 Å². The van der Waals surface area contributed by atoms with Gasteiger partial charge in [-0.15, -0.1) is 11.3 Å². The van der Waals surface area contributed by atoms with E-state index in [2.05, 4.69) is 15.6 Å². The van der Waals surface area contributed by atoms with E-state index in [1.165, 1.54) is 11.3 Å². The highest BCUT2D eigenvalue weighted by molar-refractivity contribution is 7.09. The van der Waals surface area contributed by atoms with Crippen molar-refractivity contribution < 1.29 is 14.3 Å². The number of carbonyl (C=O) groups excluding carboxylic acids is 2. The standard InChI is InChI=1S/C21H20ClN3O3S/c1-23-21(27)15-4-2-3-14(9-15)11-24-19(26)10-17-13-29-20(25-17)12-28-18-7-5-16(22)6-8-18/h2-9,13H,10-12H2,1H3,(H,23,27)(H,24,26). The van der Waals surface area contributed by atoms with Crippen LogP contribution in [0, 0.1) is 0 Å². The molecule has 2 aromatic carbocycles. The normalized spacial score (nSPS) is 10.4. The molecule has 3 aromatic rings. The third kappa shape index (κ3) is 6.30. The molecule has 0 fully saturated rings. The fourth-order valence-corrected chi connectivity index (χ4v) is 3.40. The van der Waals surface area contributed by atoms with Crippen molar-refractivity contribution in [2.24, 2.45) is 0 Å². The first-order valence-electron chi connectivity index (χ1n) is 8.93. The number of hydrogen-bond donors (Lipinski definition) is 2. The van der Waals surface area contributed by atoms with E-state index in [0.29, 0.717) is 35.2 Å². The van der Waals surface area contributed by atoms with E-state index in [0.717, 1.165) is 10.6 Å². The molecule has 1 aromatic heterocycles. The summed E-state index contributed by atoms with van der Waals surface area (Å²) in [5.74, 6) is 0.419. The SMILES string of the molecule is CNC(=O)c1cccc(CNC(=O)Cc2csc(COc3ccc(Cl)cc3)n2)c1. The van der Waals surface area contributed by atoms with Gasteiger partial charge in [0.15, 0.2) is 0 Å². The van der Waals surface area contributed by atoms with Crippen molar-refractivity contribution in [3.63, 3.8) is 0 Å². The average molecular weight is 430 g/mol. The lowest BCUT2D eigenvalue weighted by molar-refractivity contribution is -0.120. The number of nitrogens with zero attached hydrogens (tertiary/aromatic N) is 1. The van der Waals surface area contributed by atoms with Gasteiger partial charge in [-0.3, -0.25) is 9.59 Å². The summed E-state index contributed by atoms with van der Waals surface area (Å²) in [6.07, 6.45) is 0.187. The predicted molar refractivity (Wildman–Crippen MR) is 113 cm³/mol. The average Bonchev–Trinajstić information content (AvgIpc) is 3.18. The fraction of sp³-hybridized carbons (Fsp3) is 0.190. The lowest BCUT2D eigenvalue weighted by Gasteiger charge is -2.06. The minimum atomic E-state index is -0.158. The second-order valence-electron chi connectivity index (χ2n) is 6.21.